The maximum absolute atomic E-state index is 12.3. The maximum atomic E-state index is 12.3. The van der Waals surface area contributed by atoms with Crippen LogP contribution >= 0.6 is 23.1 Å². The van der Waals surface area contributed by atoms with Crippen molar-refractivity contribution in [2.45, 2.75) is 39.2 Å². The normalized spacial score (nSPS) is 15.5. The van der Waals surface area contributed by atoms with Crippen molar-refractivity contribution in [2.75, 3.05) is 24.6 Å². The van der Waals surface area contributed by atoms with Gasteiger partial charge in [0.05, 0.1) is 26.6 Å². The number of hydrogen-bond acceptors (Lipinski definition) is 6. The summed E-state index contributed by atoms with van der Waals surface area (Å²) in [6.45, 7) is 4.15. The summed E-state index contributed by atoms with van der Waals surface area (Å²) in [5.41, 5.74) is 0.834. The van der Waals surface area contributed by atoms with Gasteiger partial charge in [0, 0.05) is 31.8 Å². The summed E-state index contributed by atoms with van der Waals surface area (Å²) in [6, 6.07) is 4.65. The Bertz CT molecular complexity index is 974. The summed E-state index contributed by atoms with van der Waals surface area (Å²) in [7, 11) is 0. The number of benzene rings is 1. The van der Waals surface area contributed by atoms with Gasteiger partial charge in [-0.05, 0) is 25.8 Å². The summed E-state index contributed by atoms with van der Waals surface area (Å²) in [5, 5.41) is 11.0. The lowest BCUT2D eigenvalue weighted by Gasteiger charge is -2.19. The van der Waals surface area contributed by atoms with Crippen molar-refractivity contribution in [1.29, 1.82) is 0 Å². The van der Waals surface area contributed by atoms with Crippen LogP contribution in [0.25, 0.3) is 10.2 Å². The molecule has 0 N–H and O–H groups in total. The number of nitro benzene ring substituents is 1. The third-order valence-corrected chi connectivity index (χ3v) is 6.77. The number of nitrogens with zero attached hydrogens (tertiary/aromatic N) is 4. The van der Waals surface area contributed by atoms with Crippen molar-refractivity contribution in [2.24, 2.45) is 4.99 Å². The van der Waals surface area contributed by atoms with Crippen LogP contribution in [-0.2, 0) is 16.1 Å². The van der Waals surface area contributed by atoms with Crippen LogP contribution in [0, 0.1) is 10.1 Å². The van der Waals surface area contributed by atoms with E-state index in [9.17, 15) is 19.7 Å². The summed E-state index contributed by atoms with van der Waals surface area (Å²) in [4.78, 5) is 41.8. The van der Waals surface area contributed by atoms with Gasteiger partial charge in [0.25, 0.3) is 11.6 Å². The number of fused-ring (bicyclic) bond motifs is 1. The fraction of sp³-hybridized carbons (Fsp3) is 0.526. The number of carbonyl (C=O) groups excluding carboxylic acids is 2. The van der Waals surface area contributed by atoms with E-state index in [1.165, 1.54) is 48.1 Å². The van der Waals surface area contributed by atoms with Gasteiger partial charge in [0.2, 0.25) is 5.91 Å². The zero-order chi connectivity index (χ0) is 20.8. The molecule has 0 saturated carbocycles. The molecule has 0 radical (unpaired) electrons. The smallest absolute Gasteiger partial charge is 0.270 e. The first-order valence-corrected chi connectivity index (χ1v) is 11.7. The van der Waals surface area contributed by atoms with Crippen LogP contribution in [0.15, 0.2) is 23.2 Å². The molecule has 2 aromatic rings. The fourth-order valence-electron chi connectivity index (χ4n) is 3.34. The van der Waals surface area contributed by atoms with Gasteiger partial charge in [-0.15, -0.1) is 11.8 Å². The van der Waals surface area contributed by atoms with E-state index in [-0.39, 0.29) is 29.0 Å². The van der Waals surface area contributed by atoms with Crippen LogP contribution in [0.2, 0.25) is 0 Å². The van der Waals surface area contributed by atoms with E-state index in [2.05, 4.69) is 4.99 Å². The second-order valence-electron chi connectivity index (χ2n) is 6.83. The van der Waals surface area contributed by atoms with E-state index in [0.717, 1.165) is 36.1 Å². The number of hydrogen-bond donors (Lipinski definition) is 0. The predicted octanol–water partition coefficient (Wildman–Crippen LogP) is 3.19. The minimum atomic E-state index is -0.435. The number of rotatable bonds is 6. The van der Waals surface area contributed by atoms with Crippen molar-refractivity contribution in [1.82, 2.24) is 9.47 Å². The van der Waals surface area contributed by atoms with E-state index in [1.54, 1.807) is 6.07 Å². The highest BCUT2D eigenvalue weighted by Gasteiger charge is 2.16. The average molecular weight is 437 g/mol. The lowest BCUT2D eigenvalue weighted by atomic mass is 10.2. The molecule has 0 atom stereocenters. The van der Waals surface area contributed by atoms with E-state index in [0.29, 0.717) is 11.3 Å². The second-order valence-corrected chi connectivity index (χ2v) is 8.83. The highest BCUT2D eigenvalue weighted by molar-refractivity contribution is 8.00. The molecule has 1 saturated heterocycles. The van der Waals surface area contributed by atoms with Gasteiger partial charge in [-0.3, -0.25) is 19.7 Å². The molecule has 2 heterocycles. The standard InChI is InChI=1S/C19H24N4O4S2/c1-2-22-15-8-7-14(23(26)27)11-16(15)29-19(22)20-17(24)12-28-13-18(25)21-9-5-3-4-6-10-21/h7-8,11H,2-6,9-10,12-13H2,1H3. The number of aromatic nitrogens is 1. The zero-order valence-electron chi connectivity index (χ0n) is 16.3. The molecule has 0 spiro atoms. The maximum Gasteiger partial charge on any atom is 0.270 e. The molecule has 2 amide bonds. The first-order chi connectivity index (χ1) is 14.0. The van der Waals surface area contributed by atoms with Crippen LogP contribution in [0.5, 0.6) is 0 Å². The van der Waals surface area contributed by atoms with Crippen molar-refractivity contribution < 1.29 is 14.5 Å². The van der Waals surface area contributed by atoms with Crippen LogP contribution in [0.4, 0.5) is 5.69 Å². The Hall–Kier alpha value is -2.20. The van der Waals surface area contributed by atoms with E-state index >= 15 is 0 Å². The Balaban J connectivity index is 1.66. The molecule has 29 heavy (non-hydrogen) atoms. The largest absolute Gasteiger partial charge is 0.342 e. The van der Waals surface area contributed by atoms with Crippen molar-refractivity contribution >= 4 is 50.8 Å². The molecule has 1 aromatic carbocycles. The molecule has 1 fully saturated rings. The summed E-state index contributed by atoms with van der Waals surface area (Å²) < 4.78 is 2.59. The van der Waals surface area contributed by atoms with Crippen molar-refractivity contribution in [3.63, 3.8) is 0 Å². The average Bonchev–Trinajstić information content (AvgIpc) is 2.85. The van der Waals surface area contributed by atoms with E-state index < -0.39 is 4.92 Å². The molecule has 156 valence electrons. The molecular weight excluding hydrogens is 412 g/mol. The number of carbonyl (C=O) groups is 2. The molecular formula is C19H24N4O4S2. The molecule has 3 rings (SSSR count). The Morgan fingerprint density at radius 3 is 2.59 bits per heavy atom. The molecule has 1 aliphatic rings. The molecule has 1 aliphatic heterocycles. The third-order valence-electron chi connectivity index (χ3n) is 4.82. The Kier molecular flexibility index (Phi) is 7.43. The minimum absolute atomic E-state index is 0.0162. The van der Waals surface area contributed by atoms with E-state index in [4.69, 9.17) is 0 Å². The van der Waals surface area contributed by atoms with Gasteiger partial charge in [-0.25, -0.2) is 0 Å². The Morgan fingerprint density at radius 1 is 1.21 bits per heavy atom. The number of non-ortho nitro benzene ring substituents is 1. The molecule has 1 aromatic heterocycles. The number of aryl methyl sites for hydroxylation is 1. The molecule has 8 nitrogen and oxygen atoms in total. The quantitative estimate of drug-likeness (QED) is 0.512. The van der Waals surface area contributed by atoms with E-state index in [1.807, 2.05) is 16.4 Å². The highest BCUT2D eigenvalue weighted by atomic mass is 32.2. The van der Waals surface area contributed by atoms with Gasteiger partial charge < -0.3 is 9.47 Å². The molecule has 10 heteroatoms. The number of nitro groups is 1. The summed E-state index contributed by atoms with van der Waals surface area (Å²) in [5.74, 6) is 0.204. The predicted molar refractivity (Wildman–Crippen MR) is 115 cm³/mol. The highest BCUT2D eigenvalue weighted by Crippen LogP contribution is 2.23. The Morgan fingerprint density at radius 2 is 1.93 bits per heavy atom. The number of amides is 2. The number of likely N-dealkylation sites (tertiary alicyclic amines) is 1. The monoisotopic (exact) mass is 436 g/mol. The van der Waals surface area contributed by atoms with Gasteiger partial charge in [-0.1, -0.05) is 24.2 Å². The fourth-order valence-corrected chi connectivity index (χ4v) is 5.19. The van der Waals surface area contributed by atoms with Crippen LogP contribution in [0.1, 0.15) is 32.6 Å². The SMILES string of the molecule is CCn1c(=NC(=O)CSCC(=O)N2CCCCCC2)sc2cc([N+](=O)[O-])ccc21. The van der Waals surface area contributed by atoms with Crippen molar-refractivity contribution in [3.8, 4) is 0 Å². The first-order valence-electron chi connectivity index (χ1n) is 9.70. The van der Waals surface area contributed by atoms with Gasteiger partial charge in [0.15, 0.2) is 4.80 Å². The lowest BCUT2D eigenvalue weighted by molar-refractivity contribution is -0.384. The minimum Gasteiger partial charge on any atom is -0.342 e. The van der Waals surface area contributed by atoms with Gasteiger partial charge >= 0.3 is 0 Å². The summed E-state index contributed by atoms with van der Waals surface area (Å²) in [6.07, 6.45) is 4.44. The molecule has 0 aliphatic carbocycles. The Labute approximate surface area is 176 Å². The third kappa shape index (κ3) is 5.45. The second kappa shape index (κ2) is 10.0. The first kappa shape index (κ1) is 21.5. The van der Waals surface area contributed by atoms with Crippen LogP contribution in [0.3, 0.4) is 0 Å². The van der Waals surface area contributed by atoms with Gasteiger partial charge in [0.1, 0.15) is 0 Å². The lowest BCUT2D eigenvalue weighted by Crippen LogP contribution is -2.33. The number of thiazole rings is 1. The molecule has 0 unspecified atom stereocenters. The van der Waals surface area contributed by atoms with Crippen molar-refractivity contribution in [3.05, 3.63) is 33.1 Å². The molecule has 0 bridgehead atoms. The van der Waals surface area contributed by atoms with Crippen LogP contribution in [-0.4, -0.2) is 50.8 Å². The topological polar surface area (TPSA) is 97.8 Å². The number of thioether (sulfide) groups is 1. The zero-order valence-corrected chi connectivity index (χ0v) is 18.0. The summed E-state index contributed by atoms with van der Waals surface area (Å²) >= 11 is 2.55. The van der Waals surface area contributed by atoms with Gasteiger partial charge in [-0.2, -0.15) is 4.99 Å². The van der Waals surface area contributed by atoms with Crippen LogP contribution < -0.4 is 4.80 Å².